The molecule has 0 saturated heterocycles. The highest BCUT2D eigenvalue weighted by atomic mass is 32.2. The number of hydrogen-bond acceptors (Lipinski definition) is 5. The molecule has 0 radical (unpaired) electrons. The second kappa shape index (κ2) is 4.52. The fraction of sp³-hybridized carbons (Fsp3) is 0. The van der Waals surface area contributed by atoms with E-state index in [2.05, 4.69) is 0 Å². The molecule has 18 heavy (non-hydrogen) atoms. The summed E-state index contributed by atoms with van der Waals surface area (Å²) < 4.78 is 22.1. The average molecular weight is 283 g/mol. The summed E-state index contributed by atoms with van der Waals surface area (Å²) in [6.45, 7) is 0. The maximum Gasteiger partial charge on any atom is 0.247 e. The number of hydrogen-bond donors (Lipinski definition) is 2. The Kier molecular flexibility index (Phi) is 3.20. The standard InChI is InChI=1S/C11H9NO4S2/c12-18(15,16)10-6-5-9(17-10)11(14)7-1-3-8(13)4-2-7/h1-6,13H,(H2,12,15,16). The zero-order valence-electron chi connectivity index (χ0n) is 9.03. The van der Waals surface area contributed by atoms with Gasteiger partial charge >= 0.3 is 0 Å². The van der Waals surface area contributed by atoms with Crippen molar-refractivity contribution in [3.8, 4) is 5.75 Å². The van der Waals surface area contributed by atoms with E-state index in [4.69, 9.17) is 10.2 Å². The average Bonchev–Trinajstić information content (AvgIpc) is 2.78. The number of primary sulfonamides is 1. The van der Waals surface area contributed by atoms with Crippen molar-refractivity contribution < 1.29 is 18.3 Å². The number of phenolic OH excluding ortho intramolecular Hbond substituents is 1. The molecule has 1 heterocycles. The molecule has 0 fully saturated rings. The van der Waals surface area contributed by atoms with Gasteiger partial charge in [-0.2, -0.15) is 0 Å². The third-order valence-electron chi connectivity index (χ3n) is 2.22. The van der Waals surface area contributed by atoms with Gasteiger partial charge in [-0.1, -0.05) is 0 Å². The van der Waals surface area contributed by atoms with Crippen LogP contribution in [0.4, 0.5) is 0 Å². The van der Waals surface area contributed by atoms with Gasteiger partial charge in [-0.05, 0) is 36.4 Å². The van der Waals surface area contributed by atoms with Gasteiger partial charge in [-0.15, -0.1) is 11.3 Å². The SMILES string of the molecule is NS(=O)(=O)c1ccc(C(=O)c2ccc(O)cc2)s1. The van der Waals surface area contributed by atoms with Crippen molar-refractivity contribution in [3.05, 3.63) is 46.8 Å². The molecule has 94 valence electrons. The second-order valence-electron chi connectivity index (χ2n) is 3.54. The topological polar surface area (TPSA) is 97.5 Å². The number of benzene rings is 1. The van der Waals surface area contributed by atoms with Gasteiger partial charge in [-0.3, -0.25) is 4.79 Å². The predicted molar refractivity (Wildman–Crippen MR) is 67.2 cm³/mol. The number of aromatic hydroxyl groups is 1. The lowest BCUT2D eigenvalue weighted by Crippen LogP contribution is -2.09. The Labute approximate surface area is 108 Å². The number of nitrogens with two attached hydrogens (primary N) is 1. The molecular weight excluding hydrogens is 274 g/mol. The molecule has 3 N–H and O–H groups in total. The van der Waals surface area contributed by atoms with Crippen LogP contribution in [0.3, 0.4) is 0 Å². The summed E-state index contributed by atoms with van der Waals surface area (Å²) in [5.74, 6) is -0.252. The lowest BCUT2D eigenvalue weighted by molar-refractivity contribution is 0.104. The van der Waals surface area contributed by atoms with Gasteiger partial charge in [0, 0.05) is 5.56 Å². The van der Waals surface area contributed by atoms with E-state index in [1.54, 1.807) is 0 Å². The molecule has 2 aromatic rings. The lowest BCUT2D eigenvalue weighted by Gasteiger charge is -1.98. The van der Waals surface area contributed by atoms with Crippen LogP contribution in [0.2, 0.25) is 0 Å². The zero-order valence-corrected chi connectivity index (χ0v) is 10.7. The van der Waals surface area contributed by atoms with Crippen LogP contribution in [0.5, 0.6) is 5.75 Å². The molecule has 0 amide bonds. The molecule has 0 bridgehead atoms. The normalized spacial score (nSPS) is 11.4. The van der Waals surface area contributed by atoms with Crippen LogP contribution < -0.4 is 5.14 Å². The van der Waals surface area contributed by atoms with E-state index in [1.807, 2.05) is 0 Å². The summed E-state index contributed by atoms with van der Waals surface area (Å²) in [6.07, 6.45) is 0. The number of thiophene rings is 1. The molecular formula is C11H9NO4S2. The zero-order chi connectivity index (χ0) is 13.3. The molecule has 0 unspecified atom stereocenters. The van der Waals surface area contributed by atoms with Crippen molar-refractivity contribution in [1.29, 1.82) is 0 Å². The Hall–Kier alpha value is -1.70. The van der Waals surface area contributed by atoms with Crippen LogP contribution in [-0.4, -0.2) is 19.3 Å². The van der Waals surface area contributed by atoms with Crippen molar-refractivity contribution in [3.63, 3.8) is 0 Å². The molecule has 0 atom stereocenters. The Morgan fingerprint density at radius 3 is 2.22 bits per heavy atom. The molecule has 1 aromatic carbocycles. The number of rotatable bonds is 3. The molecule has 0 saturated carbocycles. The van der Waals surface area contributed by atoms with E-state index < -0.39 is 10.0 Å². The van der Waals surface area contributed by atoms with E-state index in [1.165, 1.54) is 36.4 Å². The van der Waals surface area contributed by atoms with Crippen molar-refractivity contribution in [2.24, 2.45) is 5.14 Å². The molecule has 1 aromatic heterocycles. The molecule has 0 aliphatic heterocycles. The van der Waals surface area contributed by atoms with Crippen LogP contribution in [0, 0.1) is 0 Å². The fourth-order valence-corrected chi connectivity index (χ4v) is 3.04. The number of carbonyl (C=O) groups is 1. The third-order valence-corrected chi connectivity index (χ3v) is 4.74. The van der Waals surface area contributed by atoms with Crippen molar-refractivity contribution in [2.45, 2.75) is 4.21 Å². The molecule has 5 nitrogen and oxygen atoms in total. The Morgan fingerprint density at radius 2 is 1.72 bits per heavy atom. The van der Waals surface area contributed by atoms with E-state index in [9.17, 15) is 13.2 Å². The van der Waals surface area contributed by atoms with Gasteiger partial charge in [0.05, 0.1) is 4.88 Å². The van der Waals surface area contributed by atoms with Crippen LogP contribution in [0.25, 0.3) is 0 Å². The summed E-state index contributed by atoms with van der Waals surface area (Å²) in [4.78, 5) is 12.3. The highest BCUT2D eigenvalue weighted by molar-refractivity contribution is 7.91. The maximum atomic E-state index is 12.0. The summed E-state index contributed by atoms with van der Waals surface area (Å²) in [7, 11) is -3.78. The summed E-state index contributed by atoms with van der Waals surface area (Å²) in [6, 6.07) is 8.43. The van der Waals surface area contributed by atoms with Gasteiger partial charge in [0.1, 0.15) is 9.96 Å². The third kappa shape index (κ3) is 2.58. The number of ketones is 1. The lowest BCUT2D eigenvalue weighted by atomic mass is 10.1. The first-order valence-electron chi connectivity index (χ1n) is 4.84. The largest absolute Gasteiger partial charge is 0.508 e. The summed E-state index contributed by atoms with van der Waals surface area (Å²) in [5.41, 5.74) is 0.371. The second-order valence-corrected chi connectivity index (χ2v) is 6.41. The van der Waals surface area contributed by atoms with Crippen LogP contribution >= 0.6 is 11.3 Å². The number of sulfonamides is 1. The first kappa shape index (κ1) is 12.7. The summed E-state index contributed by atoms with van der Waals surface area (Å²) in [5, 5.41) is 14.1. The van der Waals surface area contributed by atoms with Gasteiger partial charge < -0.3 is 5.11 Å². The van der Waals surface area contributed by atoms with E-state index in [0.717, 1.165) is 11.3 Å². The van der Waals surface area contributed by atoms with Crippen molar-refractivity contribution in [1.82, 2.24) is 0 Å². The number of carbonyl (C=O) groups excluding carboxylic acids is 1. The van der Waals surface area contributed by atoms with Crippen LogP contribution in [0.1, 0.15) is 15.2 Å². The van der Waals surface area contributed by atoms with Gasteiger partial charge in [-0.25, -0.2) is 13.6 Å². The first-order valence-corrected chi connectivity index (χ1v) is 7.20. The maximum absolute atomic E-state index is 12.0. The Balaban J connectivity index is 2.35. The van der Waals surface area contributed by atoms with Gasteiger partial charge in [0.25, 0.3) is 0 Å². The molecule has 7 heteroatoms. The predicted octanol–water partition coefficient (Wildman–Crippen LogP) is 1.33. The molecule has 0 spiro atoms. The quantitative estimate of drug-likeness (QED) is 0.830. The fourth-order valence-electron chi connectivity index (χ4n) is 1.35. The van der Waals surface area contributed by atoms with E-state index in [0.29, 0.717) is 5.56 Å². The van der Waals surface area contributed by atoms with Gasteiger partial charge in [0.15, 0.2) is 0 Å². The van der Waals surface area contributed by atoms with E-state index in [-0.39, 0.29) is 20.6 Å². The minimum Gasteiger partial charge on any atom is -0.508 e. The molecule has 2 rings (SSSR count). The highest BCUT2D eigenvalue weighted by Gasteiger charge is 2.16. The highest BCUT2D eigenvalue weighted by Crippen LogP contribution is 2.23. The van der Waals surface area contributed by atoms with Crippen LogP contribution in [0.15, 0.2) is 40.6 Å². The number of phenols is 1. The Morgan fingerprint density at radius 1 is 1.11 bits per heavy atom. The smallest absolute Gasteiger partial charge is 0.247 e. The molecule has 0 aliphatic carbocycles. The minimum absolute atomic E-state index is 0.0513. The van der Waals surface area contributed by atoms with E-state index >= 15 is 0 Å². The van der Waals surface area contributed by atoms with Gasteiger partial charge in [0.2, 0.25) is 15.8 Å². The van der Waals surface area contributed by atoms with Crippen LogP contribution in [-0.2, 0) is 10.0 Å². The Bertz CT molecular complexity index is 686. The monoisotopic (exact) mass is 283 g/mol. The minimum atomic E-state index is -3.78. The summed E-state index contributed by atoms with van der Waals surface area (Å²) >= 11 is 0.822. The van der Waals surface area contributed by atoms with Crippen molar-refractivity contribution in [2.75, 3.05) is 0 Å². The molecule has 0 aliphatic rings. The first-order chi connectivity index (χ1) is 8.38. The van der Waals surface area contributed by atoms with Crippen molar-refractivity contribution >= 4 is 27.1 Å².